The zero-order chi connectivity index (χ0) is 11.0. The van der Waals surface area contributed by atoms with E-state index >= 15 is 0 Å². The van der Waals surface area contributed by atoms with Gasteiger partial charge in [-0.1, -0.05) is 0 Å². The molecule has 0 saturated carbocycles. The minimum atomic E-state index is -4.49. The summed E-state index contributed by atoms with van der Waals surface area (Å²) in [5.41, 5.74) is 3.73. The Labute approximate surface area is 78.1 Å². The van der Waals surface area contributed by atoms with E-state index in [9.17, 15) is 18.0 Å². The summed E-state index contributed by atoms with van der Waals surface area (Å²) in [7, 11) is 1.07. The fourth-order valence-electron chi connectivity index (χ4n) is 1.25. The second-order valence-electron chi connectivity index (χ2n) is 3.19. The third kappa shape index (κ3) is 1.98. The standard InChI is InChI=1S/C7H10F3NO3/c1-13-5(12)6(11)2-4(14-3-6)7(8,9)10/h4H,2-3,11H2,1H3/t4-,6-/m0/s1. The van der Waals surface area contributed by atoms with Crippen molar-refractivity contribution in [3.63, 3.8) is 0 Å². The lowest BCUT2D eigenvalue weighted by atomic mass is 9.97. The average Bonchev–Trinajstić information content (AvgIpc) is 2.47. The molecule has 1 aliphatic heterocycles. The molecule has 0 aromatic carbocycles. The maximum absolute atomic E-state index is 12.1. The summed E-state index contributed by atoms with van der Waals surface area (Å²) in [6, 6.07) is 0. The van der Waals surface area contributed by atoms with E-state index in [1.54, 1.807) is 0 Å². The number of hydrogen-bond donors (Lipinski definition) is 1. The van der Waals surface area contributed by atoms with Crippen molar-refractivity contribution in [2.75, 3.05) is 13.7 Å². The van der Waals surface area contributed by atoms with Crippen molar-refractivity contribution in [1.82, 2.24) is 0 Å². The number of rotatable bonds is 1. The molecule has 4 nitrogen and oxygen atoms in total. The van der Waals surface area contributed by atoms with Crippen molar-refractivity contribution in [2.45, 2.75) is 24.2 Å². The van der Waals surface area contributed by atoms with Crippen LogP contribution in [0.25, 0.3) is 0 Å². The maximum atomic E-state index is 12.1. The van der Waals surface area contributed by atoms with Gasteiger partial charge in [0.2, 0.25) is 0 Å². The van der Waals surface area contributed by atoms with Crippen LogP contribution in [-0.4, -0.2) is 37.5 Å². The monoisotopic (exact) mass is 213 g/mol. The Hall–Kier alpha value is -0.820. The highest BCUT2D eigenvalue weighted by Gasteiger charge is 2.54. The molecule has 1 saturated heterocycles. The summed E-state index contributed by atoms with van der Waals surface area (Å²) >= 11 is 0. The van der Waals surface area contributed by atoms with Gasteiger partial charge in [0.1, 0.15) is 5.54 Å². The SMILES string of the molecule is COC(=O)[C@@]1(N)CO[C@H](C(F)(F)F)C1. The first-order chi connectivity index (χ1) is 6.29. The lowest BCUT2D eigenvalue weighted by molar-refractivity contribution is -0.206. The Morgan fingerprint density at radius 1 is 1.64 bits per heavy atom. The van der Waals surface area contributed by atoms with Gasteiger partial charge in [0.05, 0.1) is 13.7 Å². The number of hydrogen-bond acceptors (Lipinski definition) is 4. The first kappa shape index (κ1) is 11.3. The van der Waals surface area contributed by atoms with Gasteiger partial charge in [-0.15, -0.1) is 0 Å². The summed E-state index contributed by atoms with van der Waals surface area (Å²) < 4.78 is 45.1. The largest absolute Gasteiger partial charge is 0.468 e. The summed E-state index contributed by atoms with van der Waals surface area (Å²) in [5, 5.41) is 0. The molecule has 0 aromatic rings. The molecule has 82 valence electrons. The normalized spacial score (nSPS) is 33.1. The van der Waals surface area contributed by atoms with Gasteiger partial charge >= 0.3 is 12.1 Å². The Morgan fingerprint density at radius 2 is 2.21 bits per heavy atom. The molecule has 1 fully saturated rings. The summed E-state index contributed by atoms with van der Waals surface area (Å²) in [5.74, 6) is -0.885. The van der Waals surface area contributed by atoms with Crippen LogP contribution in [0.5, 0.6) is 0 Å². The molecule has 7 heteroatoms. The Kier molecular flexibility index (Phi) is 2.73. The highest BCUT2D eigenvalue weighted by atomic mass is 19.4. The number of esters is 1. The first-order valence-corrected chi connectivity index (χ1v) is 3.85. The molecule has 0 aromatic heterocycles. The molecule has 0 unspecified atom stereocenters. The average molecular weight is 213 g/mol. The van der Waals surface area contributed by atoms with E-state index in [4.69, 9.17) is 5.73 Å². The lowest BCUT2D eigenvalue weighted by Gasteiger charge is -2.18. The number of ether oxygens (including phenoxy) is 2. The van der Waals surface area contributed by atoms with Crippen LogP contribution < -0.4 is 5.73 Å². The molecule has 2 atom stereocenters. The van der Waals surface area contributed by atoms with Crippen molar-refractivity contribution in [3.8, 4) is 0 Å². The van der Waals surface area contributed by atoms with Crippen LogP contribution in [0, 0.1) is 0 Å². The molecule has 0 radical (unpaired) electrons. The van der Waals surface area contributed by atoms with Crippen molar-refractivity contribution in [3.05, 3.63) is 0 Å². The van der Waals surface area contributed by atoms with Crippen LogP contribution in [0.1, 0.15) is 6.42 Å². The fourth-order valence-corrected chi connectivity index (χ4v) is 1.25. The van der Waals surface area contributed by atoms with E-state index in [-0.39, 0.29) is 0 Å². The van der Waals surface area contributed by atoms with Crippen molar-refractivity contribution in [2.24, 2.45) is 5.73 Å². The van der Waals surface area contributed by atoms with Crippen molar-refractivity contribution >= 4 is 5.97 Å². The molecular formula is C7H10F3NO3. The molecule has 0 spiro atoms. The number of halogens is 3. The third-order valence-electron chi connectivity index (χ3n) is 2.05. The number of carbonyl (C=O) groups is 1. The highest BCUT2D eigenvalue weighted by Crippen LogP contribution is 2.34. The first-order valence-electron chi connectivity index (χ1n) is 3.85. The van der Waals surface area contributed by atoms with Crippen LogP contribution in [0.4, 0.5) is 13.2 Å². The number of nitrogens with two attached hydrogens (primary N) is 1. The zero-order valence-corrected chi connectivity index (χ0v) is 7.43. The zero-order valence-electron chi connectivity index (χ0n) is 7.43. The van der Waals surface area contributed by atoms with Crippen LogP contribution in [0.2, 0.25) is 0 Å². The topological polar surface area (TPSA) is 61.5 Å². The maximum Gasteiger partial charge on any atom is 0.414 e. The molecule has 1 aliphatic rings. The van der Waals surface area contributed by atoms with E-state index in [1.807, 2.05) is 0 Å². The Bertz CT molecular complexity index is 243. The summed E-state index contributed by atoms with van der Waals surface area (Å²) in [4.78, 5) is 11.0. The molecule has 0 aliphatic carbocycles. The predicted octanol–water partition coefficient (Wildman–Crippen LogP) is 0.208. The van der Waals surface area contributed by atoms with E-state index < -0.39 is 36.8 Å². The van der Waals surface area contributed by atoms with Crippen LogP contribution in [-0.2, 0) is 14.3 Å². The molecule has 1 heterocycles. The fraction of sp³-hybridized carbons (Fsp3) is 0.857. The molecule has 14 heavy (non-hydrogen) atoms. The van der Waals surface area contributed by atoms with Gasteiger partial charge in [0.15, 0.2) is 6.10 Å². The van der Waals surface area contributed by atoms with E-state index in [0.717, 1.165) is 7.11 Å². The quantitative estimate of drug-likeness (QED) is 0.632. The molecule has 0 amide bonds. The minimum Gasteiger partial charge on any atom is -0.468 e. The van der Waals surface area contributed by atoms with E-state index in [0.29, 0.717) is 0 Å². The van der Waals surface area contributed by atoms with Gasteiger partial charge in [-0.2, -0.15) is 13.2 Å². The molecular weight excluding hydrogens is 203 g/mol. The third-order valence-corrected chi connectivity index (χ3v) is 2.05. The molecule has 2 N–H and O–H groups in total. The van der Waals surface area contributed by atoms with Gasteiger partial charge in [0.25, 0.3) is 0 Å². The number of methoxy groups -OCH3 is 1. The van der Waals surface area contributed by atoms with Crippen molar-refractivity contribution in [1.29, 1.82) is 0 Å². The van der Waals surface area contributed by atoms with Crippen LogP contribution in [0.15, 0.2) is 0 Å². The lowest BCUT2D eigenvalue weighted by Crippen LogP contribution is -2.50. The van der Waals surface area contributed by atoms with Crippen molar-refractivity contribution < 1.29 is 27.4 Å². The number of carbonyl (C=O) groups excluding carboxylic acids is 1. The highest BCUT2D eigenvalue weighted by molar-refractivity contribution is 5.81. The second-order valence-corrected chi connectivity index (χ2v) is 3.19. The number of alkyl halides is 3. The smallest absolute Gasteiger partial charge is 0.414 e. The van der Waals surface area contributed by atoms with Gasteiger partial charge in [-0.3, -0.25) is 0 Å². The minimum absolute atomic E-state index is 0.468. The van der Waals surface area contributed by atoms with Crippen LogP contribution in [0.3, 0.4) is 0 Å². The van der Waals surface area contributed by atoms with Crippen LogP contribution >= 0.6 is 0 Å². The van der Waals surface area contributed by atoms with E-state index in [2.05, 4.69) is 9.47 Å². The Morgan fingerprint density at radius 3 is 2.57 bits per heavy atom. The molecule has 0 bridgehead atoms. The Balaban J connectivity index is 2.69. The van der Waals surface area contributed by atoms with Gasteiger partial charge in [-0.25, -0.2) is 4.79 Å². The van der Waals surface area contributed by atoms with Gasteiger partial charge in [-0.05, 0) is 0 Å². The van der Waals surface area contributed by atoms with Gasteiger partial charge in [0, 0.05) is 6.42 Å². The molecule has 1 rings (SSSR count). The summed E-state index contributed by atoms with van der Waals surface area (Å²) in [6.45, 7) is -0.468. The van der Waals surface area contributed by atoms with E-state index in [1.165, 1.54) is 0 Å². The predicted molar refractivity (Wildman–Crippen MR) is 39.3 cm³/mol. The van der Waals surface area contributed by atoms with Gasteiger partial charge < -0.3 is 15.2 Å². The second kappa shape index (κ2) is 3.39. The summed E-state index contributed by atoms with van der Waals surface area (Å²) in [6.07, 6.45) is -7.07.